The molecule has 0 heterocycles. The molecule has 0 saturated carbocycles. The van der Waals surface area contributed by atoms with Gasteiger partial charge in [0.15, 0.2) is 9.84 Å². The van der Waals surface area contributed by atoms with Crippen molar-refractivity contribution in [1.82, 2.24) is 0 Å². The van der Waals surface area contributed by atoms with Crippen molar-refractivity contribution in [2.45, 2.75) is 25.5 Å². The van der Waals surface area contributed by atoms with Crippen LogP contribution in [0.5, 0.6) is 0 Å². The molecule has 0 aliphatic heterocycles. The van der Waals surface area contributed by atoms with Crippen LogP contribution in [0.4, 0.5) is 11.4 Å². The summed E-state index contributed by atoms with van der Waals surface area (Å²) < 4.78 is 22.2. The van der Waals surface area contributed by atoms with Crippen molar-refractivity contribution >= 4 is 21.2 Å². The maximum absolute atomic E-state index is 11.6. The lowest BCUT2D eigenvalue weighted by Crippen LogP contribution is -2.38. The van der Waals surface area contributed by atoms with E-state index in [9.17, 15) is 18.5 Å². The zero-order valence-corrected chi connectivity index (χ0v) is 12.2. The minimum atomic E-state index is -3.21. The van der Waals surface area contributed by atoms with Crippen LogP contribution in [0.15, 0.2) is 18.2 Å². The Kier molecular flexibility index (Phi) is 4.19. The highest BCUT2D eigenvalue weighted by molar-refractivity contribution is 7.92. The van der Waals surface area contributed by atoms with Gasteiger partial charge in [-0.05, 0) is 26.8 Å². The fourth-order valence-corrected chi connectivity index (χ4v) is 1.79. The normalized spacial score (nSPS) is 12.2. The Balaban J connectivity index is 2.97. The maximum atomic E-state index is 11.6. The molecule has 7 heteroatoms. The van der Waals surface area contributed by atoms with E-state index in [4.69, 9.17) is 0 Å². The minimum absolute atomic E-state index is 0.0159. The van der Waals surface area contributed by atoms with Crippen molar-refractivity contribution < 1.29 is 13.3 Å². The first-order valence-corrected chi connectivity index (χ1v) is 7.63. The zero-order valence-electron chi connectivity index (χ0n) is 11.4. The molecule has 0 bridgehead atoms. The molecule has 0 saturated heterocycles. The number of nitro groups is 1. The molecule has 0 unspecified atom stereocenters. The second-order valence-electron chi connectivity index (χ2n) is 5.09. The largest absolute Gasteiger partial charge is 0.383 e. The third kappa shape index (κ3) is 3.44. The first-order chi connectivity index (χ1) is 8.56. The number of nitro benzene ring substituents is 1. The molecule has 0 atom stereocenters. The van der Waals surface area contributed by atoms with Crippen LogP contribution in [0.3, 0.4) is 0 Å². The topological polar surface area (TPSA) is 89.3 Å². The van der Waals surface area contributed by atoms with Gasteiger partial charge in [0, 0.05) is 30.1 Å². The molecule has 0 spiro atoms. The predicted molar refractivity (Wildman–Crippen MR) is 75.2 cm³/mol. The van der Waals surface area contributed by atoms with Crippen LogP contribution in [0, 0.1) is 17.0 Å². The molecule has 1 aromatic rings. The summed E-state index contributed by atoms with van der Waals surface area (Å²) in [7, 11) is -3.21. The lowest BCUT2D eigenvalue weighted by molar-refractivity contribution is -0.385. The molecule has 19 heavy (non-hydrogen) atoms. The molecule has 0 aliphatic carbocycles. The van der Waals surface area contributed by atoms with Gasteiger partial charge < -0.3 is 5.32 Å². The SMILES string of the molecule is Cc1c(NCC(C)(C)S(C)(=O)=O)cccc1[N+](=O)[O-]. The summed E-state index contributed by atoms with van der Waals surface area (Å²) in [5.74, 6) is 0. The molecule has 0 aromatic heterocycles. The molecule has 0 fully saturated rings. The Labute approximate surface area is 112 Å². The van der Waals surface area contributed by atoms with Crippen molar-refractivity contribution in [3.05, 3.63) is 33.9 Å². The van der Waals surface area contributed by atoms with Crippen molar-refractivity contribution in [1.29, 1.82) is 0 Å². The highest BCUT2D eigenvalue weighted by atomic mass is 32.2. The van der Waals surface area contributed by atoms with E-state index in [0.29, 0.717) is 11.3 Å². The average molecular weight is 286 g/mol. The smallest absolute Gasteiger partial charge is 0.274 e. The van der Waals surface area contributed by atoms with Gasteiger partial charge in [0.05, 0.1) is 9.67 Å². The Hall–Kier alpha value is -1.63. The zero-order chi connectivity index (χ0) is 14.8. The minimum Gasteiger partial charge on any atom is -0.383 e. The Bertz CT molecular complexity index is 594. The van der Waals surface area contributed by atoms with Gasteiger partial charge in [-0.15, -0.1) is 0 Å². The summed E-state index contributed by atoms with van der Waals surface area (Å²) in [6.07, 6.45) is 1.18. The van der Waals surface area contributed by atoms with E-state index in [2.05, 4.69) is 5.32 Å². The van der Waals surface area contributed by atoms with E-state index in [1.54, 1.807) is 32.9 Å². The van der Waals surface area contributed by atoms with Crippen molar-refractivity contribution in [3.63, 3.8) is 0 Å². The van der Waals surface area contributed by atoms with Crippen LogP contribution in [0.25, 0.3) is 0 Å². The van der Waals surface area contributed by atoms with Gasteiger partial charge >= 0.3 is 0 Å². The Morgan fingerprint density at radius 2 is 1.95 bits per heavy atom. The standard InChI is InChI=1S/C12H18N2O4S/c1-9-10(6-5-7-11(9)14(15)16)13-8-12(2,3)19(4,17)18/h5-7,13H,8H2,1-4H3. The molecule has 6 nitrogen and oxygen atoms in total. The van der Waals surface area contributed by atoms with Gasteiger partial charge in [0.25, 0.3) is 5.69 Å². The molecule has 1 N–H and O–H groups in total. The predicted octanol–water partition coefficient (Wildman–Crippen LogP) is 2.14. The van der Waals surface area contributed by atoms with Gasteiger partial charge in [-0.2, -0.15) is 0 Å². The Morgan fingerprint density at radius 3 is 2.42 bits per heavy atom. The van der Waals surface area contributed by atoms with E-state index in [-0.39, 0.29) is 12.2 Å². The number of sulfone groups is 1. The lowest BCUT2D eigenvalue weighted by Gasteiger charge is -2.23. The van der Waals surface area contributed by atoms with Crippen molar-refractivity contribution in [3.8, 4) is 0 Å². The van der Waals surface area contributed by atoms with Gasteiger partial charge in [0.2, 0.25) is 0 Å². The van der Waals surface area contributed by atoms with E-state index in [1.807, 2.05) is 0 Å². The van der Waals surface area contributed by atoms with Gasteiger partial charge in [0.1, 0.15) is 0 Å². The number of rotatable bonds is 5. The van der Waals surface area contributed by atoms with E-state index in [1.165, 1.54) is 12.3 Å². The first kappa shape index (κ1) is 15.4. The molecule has 106 valence electrons. The number of hydrogen-bond donors (Lipinski definition) is 1. The molecule has 1 rings (SSSR count). The van der Waals surface area contributed by atoms with Gasteiger partial charge in [-0.1, -0.05) is 6.07 Å². The van der Waals surface area contributed by atoms with Crippen LogP contribution in [-0.2, 0) is 9.84 Å². The number of benzene rings is 1. The molecule has 0 radical (unpaired) electrons. The van der Waals surface area contributed by atoms with Gasteiger partial charge in [-0.25, -0.2) is 8.42 Å². The van der Waals surface area contributed by atoms with Crippen molar-refractivity contribution in [2.75, 3.05) is 18.1 Å². The summed E-state index contributed by atoms with van der Waals surface area (Å²) in [6, 6.07) is 4.68. The van der Waals surface area contributed by atoms with Gasteiger partial charge in [-0.3, -0.25) is 10.1 Å². The quantitative estimate of drug-likeness (QED) is 0.661. The van der Waals surface area contributed by atoms with E-state index in [0.717, 1.165) is 0 Å². The third-order valence-electron chi connectivity index (χ3n) is 3.21. The summed E-state index contributed by atoms with van der Waals surface area (Å²) in [5, 5.41) is 13.8. The average Bonchev–Trinajstić information content (AvgIpc) is 2.25. The second-order valence-corrected chi connectivity index (χ2v) is 7.74. The fourth-order valence-electron chi connectivity index (χ4n) is 1.45. The van der Waals surface area contributed by atoms with Crippen molar-refractivity contribution in [2.24, 2.45) is 0 Å². The monoisotopic (exact) mass is 286 g/mol. The van der Waals surface area contributed by atoms with Crippen LogP contribution >= 0.6 is 0 Å². The fraction of sp³-hybridized carbons (Fsp3) is 0.500. The summed E-state index contributed by atoms with van der Waals surface area (Å²) >= 11 is 0. The highest BCUT2D eigenvalue weighted by Crippen LogP contribution is 2.26. The third-order valence-corrected chi connectivity index (χ3v) is 5.36. The summed E-state index contributed by atoms with van der Waals surface area (Å²) in [5.41, 5.74) is 1.09. The number of nitrogens with one attached hydrogen (secondary N) is 1. The molecule has 0 aliphatic rings. The summed E-state index contributed by atoms with van der Waals surface area (Å²) in [4.78, 5) is 10.4. The number of hydrogen-bond acceptors (Lipinski definition) is 5. The van der Waals surface area contributed by atoms with Crippen LogP contribution in [0.1, 0.15) is 19.4 Å². The maximum Gasteiger partial charge on any atom is 0.274 e. The first-order valence-electron chi connectivity index (χ1n) is 5.74. The van der Waals surface area contributed by atoms with Crippen LogP contribution in [-0.4, -0.2) is 30.9 Å². The number of anilines is 1. The van der Waals surface area contributed by atoms with Crippen LogP contribution < -0.4 is 5.32 Å². The molecule has 1 aromatic carbocycles. The second kappa shape index (κ2) is 5.16. The van der Waals surface area contributed by atoms with Crippen LogP contribution in [0.2, 0.25) is 0 Å². The lowest BCUT2D eigenvalue weighted by atomic mass is 10.1. The molecular formula is C12H18N2O4S. The number of nitrogens with zero attached hydrogens (tertiary/aromatic N) is 1. The van der Waals surface area contributed by atoms with E-state index < -0.39 is 19.5 Å². The molecule has 0 amide bonds. The Morgan fingerprint density at radius 1 is 1.37 bits per heavy atom. The molecular weight excluding hydrogens is 268 g/mol. The summed E-state index contributed by atoms with van der Waals surface area (Å²) in [6.45, 7) is 5.05. The highest BCUT2D eigenvalue weighted by Gasteiger charge is 2.30. The van der Waals surface area contributed by atoms with E-state index >= 15 is 0 Å².